The molecule has 0 atom stereocenters. The summed E-state index contributed by atoms with van der Waals surface area (Å²) in [6, 6.07) is 0. The average Bonchev–Trinajstić information content (AvgIpc) is 2.43. The van der Waals surface area contributed by atoms with E-state index in [0.29, 0.717) is 6.79 Å². The Bertz CT molecular complexity index is 178. The lowest BCUT2D eigenvalue weighted by Gasteiger charge is -2.03. The van der Waals surface area contributed by atoms with Gasteiger partial charge in [0, 0.05) is 13.7 Å². The molecule has 0 unspecified atom stereocenters. The molecule has 19 heavy (non-hydrogen) atoms. The molecule has 0 aliphatic heterocycles. The van der Waals surface area contributed by atoms with E-state index in [1.54, 1.807) is 7.11 Å². The van der Waals surface area contributed by atoms with Crippen LogP contribution in [0.3, 0.4) is 0 Å². The summed E-state index contributed by atoms with van der Waals surface area (Å²) in [7, 11) is 1.67. The van der Waals surface area contributed by atoms with Gasteiger partial charge in [-0.1, -0.05) is 64.0 Å². The molecule has 2 heteroatoms. The van der Waals surface area contributed by atoms with Gasteiger partial charge < -0.3 is 9.47 Å². The van der Waals surface area contributed by atoms with E-state index in [1.807, 2.05) is 0 Å². The van der Waals surface area contributed by atoms with Gasteiger partial charge in [0.15, 0.2) is 0 Å². The molecule has 0 saturated heterocycles. The van der Waals surface area contributed by atoms with E-state index in [1.165, 1.54) is 70.6 Å². The van der Waals surface area contributed by atoms with Gasteiger partial charge in [0.25, 0.3) is 0 Å². The second kappa shape index (κ2) is 17.7. The van der Waals surface area contributed by atoms with Gasteiger partial charge in [0.1, 0.15) is 6.79 Å². The second-order valence-corrected chi connectivity index (χ2v) is 5.17. The van der Waals surface area contributed by atoms with Crippen molar-refractivity contribution >= 4 is 0 Å². The molecule has 0 aromatic heterocycles. The van der Waals surface area contributed by atoms with Gasteiger partial charge in [-0.05, 0) is 25.7 Å². The highest BCUT2D eigenvalue weighted by atomic mass is 16.7. The van der Waals surface area contributed by atoms with E-state index in [0.717, 1.165) is 6.61 Å². The summed E-state index contributed by atoms with van der Waals surface area (Å²) in [5, 5.41) is 0. The predicted octanol–water partition coefficient (Wildman–Crippen LogP) is 5.47. The van der Waals surface area contributed by atoms with Crippen LogP contribution in [0.4, 0.5) is 0 Å². The van der Waals surface area contributed by atoms with Crippen molar-refractivity contribution in [3.63, 3.8) is 0 Å². The summed E-state index contributed by atoms with van der Waals surface area (Å²) in [5.74, 6) is 0. The Morgan fingerprint density at radius 3 is 1.89 bits per heavy atom. The summed E-state index contributed by atoms with van der Waals surface area (Å²) in [5.41, 5.74) is 0. The van der Waals surface area contributed by atoms with Crippen molar-refractivity contribution in [1.29, 1.82) is 0 Å². The summed E-state index contributed by atoms with van der Waals surface area (Å²) in [4.78, 5) is 0. The van der Waals surface area contributed by atoms with Crippen LogP contribution < -0.4 is 0 Å². The van der Waals surface area contributed by atoms with Gasteiger partial charge in [0.05, 0.1) is 0 Å². The maximum Gasteiger partial charge on any atom is 0.146 e. The van der Waals surface area contributed by atoms with Crippen molar-refractivity contribution in [2.45, 2.75) is 77.6 Å². The zero-order valence-corrected chi connectivity index (χ0v) is 13.2. The molecule has 0 aliphatic rings. The summed E-state index contributed by atoms with van der Waals surface area (Å²) in [6.07, 6.45) is 19.3. The number of ether oxygens (including phenoxy) is 2. The maximum atomic E-state index is 5.25. The minimum absolute atomic E-state index is 0.438. The smallest absolute Gasteiger partial charge is 0.146 e. The third-order valence-electron chi connectivity index (χ3n) is 3.26. The van der Waals surface area contributed by atoms with Crippen molar-refractivity contribution in [1.82, 2.24) is 0 Å². The molecule has 0 bridgehead atoms. The van der Waals surface area contributed by atoms with Crippen LogP contribution in [0, 0.1) is 0 Å². The van der Waals surface area contributed by atoms with Crippen LogP contribution in [0.25, 0.3) is 0 Å². The molecule has 2 nitrogen and oxygen atoms in total. The van der Waals surface area contributed by atoms with Crippen molar-refractivity contribution in [3.8, 4) is 0 Å². The van der Waals surface area contributed by atoms with E-state index < -0.39 is 0 Å². The van der Waals surface area contributed by atoms with Gasteiger partial charge in [-0.25, -0.2) is 0 Å². The minimum Gasteiger partial charge on any atom is -0.359 e. The molecule has 0 rings (SSSR count). The lowest BCUT2D eigenvalue weighted by Crippen LogP contribution is -1.98. The largest absolute Gasteiger partial charge is 0.359 e. The molecular weight excluding hydrogens is 236 g/mol. The van der Waals surface area contributed by atoms with Gasteiger partial charge >= 0.3 is 0 Å². The Hall–Kier alpha value is -0.340. The van der Waals surface area contributed by atoms with Gasteiger partial charge in [0.2, 0.25) is 0 Å². The average molecular weight is 270 g/mol. The van der Waals surface area contributed by atoms with Crippen molar-refractivity contribution < 1.29 is 9.47 Å². The number of hydrogen-bond acceptors (Lipinski definition) is 2. The molecule has 0 heterocycles. The lowest BCUT2D eigenvalue weighted by molar-refractivity contribution is -0.0315. The zero-order chi connectivity index (χ0) is 14.0. The van der Waals surface area contributed by atoms with E-state index in [9.17, 15) is 0 Å². The van der Waals surface area contributed by atoms with E-state index in [2.05, 4.69) is 19.1 Å². The normalized spacial score (nSPS) is 11.5. The molecular formula is C17H34O2. The number of hydrogen-bond donors (Lipinski definition) is 0. The molecule has 114 valence electrons. The molecule has 0 aromatic carbocycles. The summed E-state index contributed by atoms with van der Waals surface area (Å²) in [6.45, 7) is 3.48. The molecule has 0 aromatic rings. The Morgan fingerprint density at radius 1 is 0.737 bits per heavy atom. The lowest BCUT2D eigenvalue weighted by atomic mass is 10.1. The van der Waals surface area contributed by atoms with Gasteiger partial charge in [-0.2, -0.15) is 0 Å². The molecule has 0 spiro atoms. The summed E-state index contributed by atoms with van der Waals surface area (Å²) < 4.78 is 10.1. The number of methoxy groups -OCH3 is 1. The maximum absolute atomic E-state index is 5.25. The van der Waals surface area contributed by atoms with Crippen molar-refractivity contribution in [3.05, 3.63) is 12.2 Å². The second-order valence-electron chi connectivity index (χ2n) is 5.17. The summed E-state index contributed by atoms with van der Waals surface area (Å²) >= 11 is 0. The van der Waals surface area contributed by atoms with Crippen LogP contribution in [0.15, 0.2) is 12.2 Å². The monoisotopic (exact) mass is 270 g/mol. The van der Waals surface area contributed by atoms with Crippen molar-refractivity contribution in [2.75, 3.05) is 20.5 Å². The first-order valence-corrected chi connectivity index (χ1v) is 8.13. The fourth-order valence-electron chi connectivity index (χ4n) is 2.13. The van der Waals surface area contributed by atoms with Crippen LogP contribution in [0.5, 0.6) is 0 Å². The number of rotatable bonds is 15. The van der Waals surface area contributed by atoms with E-state index in [4.69, 9.17) is 9.47 Å². The van der Waals surface area contributed by atoms with Gasteiger partial charge in [-0.3, -0.25) is 0 Å². The fourth-order valence-corrected chi connectivity index (χ4v) is 2.13. The Morgan fingerprint density at radius 2 is 1.32 bits per heavy atom. The highest BCUT2D eigenvalue weighted by Gasteiger charge is 1.93. The number of unbranched alkanes of at least 4 members (excludes halogenated alkanes) is 9. The predicted molar refractivity (Wildman–Crippen MR) is 83.4 cm³/mol. The van der Waals surface area contributed by atoms with Crippen LogP contribution in [-0.4, -0.2) is 20.5 Å². The fraction of sp³-hybridized carbons (Fsp3) is 0.882. The van der Waals surface area contributed by atoms with Crippen LogP contribution in [-0.2, 0) is 9.47 Å². The third-order valence-corrected chi connectivity index (χ3v) is 3.26. The Kier molecular flexibility index (Phi) is 17.3. The minimum atomic E-state index is 0.438. The van der Waals surface area contributed by atoms with E-state index >= 15 is 0 Å². The first-order chi connectivity index (χ1) is 9.41. The SMILES string of the molecule is CC/C=C/CCCCCCCCCCCOCOC. The van der Waals surface area contributed by atoms with Crippen LogP contribution in [0.2, 0.25) is 0 Å². The quantitative estimate of drug-likeness (QED) is 0.223. The Balaban J connectivity index is 2.93. The molecule has 0 amide bonds. The third kappa shape index (κ3) is 17.7. The van der Waals surface area contributed by atoms with Crippen LogP contribution in [0.1, 0.15) is 77.6 Å². The first kappa shape index (κ1) is 18.7. The van der Waals surface area contributed by atoms with Crippen molar-refractivity contribution in [2.24, 2.45) is 0 Å². The van der Waals surface area contributed by atoms with E-state index in [-0.39, 0.29) is 0 Å². The molecule has 0 saturated carbocycles. The standard InChI is InChI=1S/C17H34O2/c1-3-4-5-6-7-8-9-10-11-12-13-14-15-16-19-17-18-2/h4-5H,3,6-17H2,1-2H3/b5-4+. The molecule has 0 fully saturated rings. The van der Waals surface area contributed by atoms with Gasteiger partial charge in [-0.15, -0.1) is 0 Å². The molecule has 0 radical (unpaired) electrons. The highest BCUT2D eigenvalue weighted by molar-refractivity contribution is 4.79. The first-order valence-electron chi connectivity index (χ1n) is 8.13. The number of allylic oxidation sites excluding steroid dienone is 2. The topological polar surface area (TPSA) is 18.5 Å². The molecule has 0 aliphatic carbocycles. The van der Waals surface area contributed by atoms with Crippen LogP contribution >= 0.6 is 0 Å². The molecule has 0 N–H and O–H groups in total. The highest BCUT2D eigenvalue weighted by Crippen LogP contribution is 2.10. The zero-order valence-electron chi connectivity index (χ0n) is 13.2. The Labute approximate surface area is 120 Å².